The fourth-order valence-electron chi connectivity index (χ4n) is 4.73. The molecule has 0 unspecified atom stereocenters. The van der Waals surface area contributed by atoms with Gasteiger partial charge in [0, 0.05) is 37.1 Å². The zero-order chi connectivity index (χ0) is 29.7. The molecule has 3 N–H and O–H groups in total. The first kappa shape index (κ1) is 34.0. The van der Waals surface area contributed by atoms with Crippen LogP contribution < -0.4 is 14.8 Å². The Hall–Kier alpha value is -2.18. The maximum Gasteiger partial charge on any atom is 0.247 e. The summed E-state index contributed by atoms with van der Waals surface area (Å²) >= 11 is 2.03. The van der Waals surface area contributed by atoms with E-state index in [4.69, 9.17) is 9.47 Å². The summed E-state index contributed by atoms with van der Waals surface area (Å²) in [6.07, 6.45) is 6.60. The van der Waals surface area contributed by atoms with Crippen LogP contribution in [0, 0.1) is 9.49 Å². The molecule has 0 fully saturated rings. The normalized spacial score (nSPS) is 18.7. The van der Waals surface area contributed by atoms with Crippen molar-refractivity contribution in [1.29, 1.82) is 0 Å². The van der Waals surface area contributed by atoms with Gasteiger partial charge in [0.25, 0.3) is 0 Å². The van der Waals surface area contributed by atoms with E-state index in [1.54, 1.807) is 23.1 Å². The summed E-state index contributed by atoms with van der Waals surface area (Å²) in [4.78, 5) is 39.6. The molecule has 0 aromatic heterocycles. The monoisotopic (exact) mass is 672 g/mol. The summed E-state index contributed by atoms with van der Waals surface area (Å²) in [5.41, 5.74) is 0.789. The second-order valence-electron chi connectivity index (χ2n) is 10.6. The molecule has 0 spiro atoms. The lowest BCUT2D eigenvalue weighted by molar-refractivity contribution is -0.139. The Morgan fingerprint density at radius 1 is 1.23 bits per heavy atom. The van der Waals surface area contributed by atoms with Crippen LogP contribution in [-0.2, 0) is 9.59 Å². The highest BCUT2D eigenvalue weighted by molar-refractivity contribution is 14.1. The Morgan fingerprint density at radius 2 is 1.95 bits per heavy atom. The molecule has 10 heteroatoms. The Bertz CT molecular complexity index is 1010. The highest BCUT2D eigenvalue weighted by Gasteiger charge is 2.40. The van der Waals surface area contributed by atoms with Gasteiger partial charge in [-0.1, -0.05) is 46.5 Å². The molecule has 3 atom stereocenters. The Labute approximate surface area is 251 Å². The van der Waals surface area contributed by atoms with Gasteiger partial charge in [-0.3, -0.25) is 14.4 Å². The van der Waals surface area contributed by atoms with Gasteiger partial charge in [0.05, 0.1) is 23.3 Å². The van der Waals surface area contributed by atoms with Crippen molar-refractivity contribution >= 4 is 40.7 Å². The highest BCUT2D eigenvalue weighted by Crippen LogP contribution is 2.37. The van der Waals surface area contributed by atoms with Crippen molar-refractivity contribution in [3.63, 3.8) is 0 Å². The molecule has 0 radical (unpaired) electrons. The lowest BCUT2D eigenvalue weighted by Crippen LogP contribution is -2.55. The Balaban J connectivity index is 2.42. The van der Waals surface area contributed by atoms with Crippen molar-refractivity contribution < 1.29 is 34.1 Å². The smallest absolute Gasteiger partial charge is 0.247 e. The first-order chi connectivity index (χ1) is 19.2. The van der Waals surface area contributed by atoms with E-state index in [-0.39, 0.29) is 31.4 Å². The average molecular weight is 673 g/mol. The molecule has 1 aliphatic rings. The molecule has 2 rings (SSSR count). The van der Waals surface area contributed by atoms with E-state index in [9.17, 15) is 24.6 Å². The summed E-state index contributed by atoms with van der Waals surface area (Å²) in [6.45, 7) is 6.65. The molecular formula is C30H45IN2O7. The number of amides is 2. The second kappa shape index (κ2) is 17.6. The van der Waals surface area contributed by atoms with Crippen molar-refractivity contribution in [2.75, 3.05) is 26.8 Å². The van der Waals surface area contributed by atoms with Crippen molar-refractivity contribution in [2.24, 2.45) is 5.92 Å². The Morgan fingerprint density at radius 3 is 2.58 bits per heavy atom. The number of hydrogen-bond donors (Lipinski definition) is 3. The fraction of sp³-hybridized carbons (Fsp3) is 0.633. The molecule has 1 aliphatic carbocycles. The van der Waals surface area contributed by atoms with Crippen LogP contribution in [0.1, 0.15) is 82.5 Å². The quantitative estimate of drug-likeness (QED) is 0.128. The van der Waals surface area contributed by atoms with Gasteiger partial charge in [-0.15, -0.1) is 0 Å². The molecule has 9 nitrogen and oxygen atoms in total. The van der Waals surface area contributed by atoms with Crippen LogP contribution in [0.5, 0.6) is 11.5 Å². The summed E-state index contributed by atoms with van der Waals surface area (Å²) in [7, 11) is 1.46. The van der Waals surface area contributed by atoms with Gasteiger partial charge in [-0.05, 0) is 59.6 Å². The number of rotatable bonds is 17. The van der Waals surface area contributed by atoms with Gasteiger partial charge in [-0.25, -0.2) is 0 Å². The van der Waals surface area contributed by atoms with Gasteiger partial charge >= 0.3 is 0 Å². The summed E-state index contributed by atoms with van der Waals surface area (Å²) in [5.74, 6) is 0.578. The van der Waals surface area contributed by atoms with Crippen molar-refractivity contribution in [3.05, 3.63) is 32.9 Å². The van der Waals surface area contributed by atoms with Crippen molar-refractivity contribution in [2.45, 2.75) is 90.4 Å². The summed E-state index contributed by atoms with van der Waals surface area (Å²) in [5, 5.41) is 23.5. The van der Waals surface area contributed by atoms with Crippen LogP contribution >= 0.6 is 22.6 Å². The van der Waals surface area contributed by atoms with Gasteiger partial charge in [0.1, 0.15) is 18.5 Å². The number of nitrogens with zero attached hydrogens (tertiary/aromatic N) is 1. The van der Waals surface area contributed by atoms with E-state index in [1.165, 1.54) is 7.11 Å². The number of aldehydes is 1. The lowest BCUT2D eigenvalue weighted by Gasteiger charge is -2.41. The summed E-state index contributed by atoms with van der Waals surface area (Å²) < 4.78 is 12.3. The maximum atomic E-state index is 13.5. The topological polar surface area (TPSA) is 125 Å². The second-order valence-corrected chi connectivity index (χ2v) is 11.8. The van der Waals surface area contributed by atoms with E-state index in [0.29, 0.717) is 51.4 Å². The molecule has 40 heavy (non-hydrogen) atoms. The standard InChI is InChI=1S/C30H45IN2O7/c1-5-6-7-8-9-10-27(36)33(13-11-20(2)3)24-17-22(30(38)32-12-14-34)18-25(28(24)37)40-29-23(31)15-21(19-35)16-26(29)39-4/h15-16,18-20,24-25,28,34,37H,5-14,17H2,1-4H3,(H,32,38)/t24-,25+,28+/m1/s1. The molecule has 0 aliphatic heterocycles. The molecule has 0 heterocycles. The van der Waals surface area contributed by atoms with Crippen molar-refractivity contribution in [3.8, 4) is 11.5 Å². The van der Waals surface area contributed by atoms with Gasteiger partial charge < -0.3 is 29.9 Å². The molecule has 224 valence electrons. The predicted molar refractivity (Wildman–Crippen MR) is 163 cm³/mol. The Kier molecular flexibility index (Phi) is 15.0. The number of halogens is 1. The number of aliphatic hydroxyl groups excluding tert-OH is 2. The molecule has 1 aromatic rings. The van der Waals surface area contributed by atoms with Gasteiger partial charge in [-0.2, -0.15) is 0 Å². The zero-order valence-electron chi connectivity index (χ0n) is 24.2. The first-order valence-corrected chi connectivity index (χ1v) is 15.3. The number of nitrogens with one attached hydrogen (secondary N) is 1. The number of methoxy groups -OCH3 is 1. The number of carbonyl (C=O) groups excluding carboxylic acids is 3. The number of aliphatic hydroxyl groups is 2. The molecule has 2 amide bonds. The third-order valence-corrected chi connectivity index (χ3v) is 7.82. The van der Waals surface area contributed by atoms with E-state index in [0.717, 1.165) is 38.5 Å². The molecule has 0 bridgehead atoms. The molecular weight excluding hydrogens is 627 g/mol. The third-order valence-electron chi connectivity index (χ3n) is 7.02. The van der Waals surface area contributed by atoms with Gasteiger partial charge in [0.15, 0.2) is 11.5 Å². The fourth-order valence-corrected chi connectivity index (χ4v) is 5.49. The lowest BCUT2D eigenvalue weighted by atomic mass is 9.87. The first-order valence-electron chi connectivity index (χ1n) is 14.2. The van der Waals surface area contributed by atoms with E-state index < -0.39 is 18.2 Å². The van der Waals surface area contributed by atoms with E-state index in [2.05, 4.69) is 26.1 Å². The minimum absolute atomic E-state index is 0.0422. The average Bonchev–Trinajstić information content (AvgIpc) is 2.93. The minimum Gasteiger partial charge on any atom is -0.493 e. The highest BCUT2D eigenvalue weighted by atomic mass is 127. The third kappa shape index (κ3) is 10.0. The predicted octanol–water partition coefficient (Wildman–Crippen LogP) is 4.26. The molecule has 0 saturated carbocycles. The SMILES string of the molecule is CCCCCCCC(=O)N(CCC(C)C)[C@@H]1CC(C(=O)NCCO)=C[C@H](Oc2c(I)cc(C=O)cc2OC)[C@H]1O. The molecule has 0 saturated heterocycles. The number of ether oxygens (including phenoxy) is 2. The van der Waals surface area contributed by atoms with Crippen LogP contribution in [0.15, 0.2) is 23.8 Å². The van der Waals surface area contributed by atoms with Crippen LogP contribution in [0.25, 0.3) is 0 Å². The minimum atomic E-state index is -1.11. The number of unbranched alkanes of at least 4 members (excludes halogenated alkanes) is 4. The van der Waals surface area contributed by atoms with Crippen LogP contribution in [-0.4, -0.2) is 78.3 Å². The number of benzene rings is 1. The largest absolute Gasteiger partial charge is 0.493 e. The zero-order valence-corrected chi connectivity index (χ0v) is 26.3. The molecule has 1 aromatic carbocycles. The van der Waals surface area contributed by atoms with Gasteiger partial charge in [0.2, 0.25) is 11.8 Å². The van der Waals surface area contributed by atoms with E-state index in [1.807, 2.05) is 22.6 Å². The number of carbonyl (C=O) groups is 3. The maximum absolute atomic E-state index is 13.5. The van der Waals surface area contributed by atoms with Crippen LogP contribution in [0.3, 0.4) is 0 Å². The van der Waals surface area contributed by atoms with Crippen molar-refractivity contribution in [1.82, 2.24) is 10.2 Å². The van der Waals surface area contributed by atoms with E-state index >= 15 is 0 Å². The van der Waals surface area contributed by atoms with Crippen LogP contribution in [0.4, 0.5) is 0 Å². The number of hydrogen-bond acceptors (Lipinski definition) is 7. The summed E-state index contributed by atoms with van der Waals surface area (Å²) in [6, 6.07) is 2.52. The van der Waals surface area contributed by atoms with Crippen LogP contribution in [0.2, 0.25) is 0 Å².